The van der Waals surface area contributed by atoms with Gasteiger partial charge in [-0.2, -0.15) is 0 Å². The van der Waals surface area contributed by atoms with Crippen LogP contribution in [0.25, 0.3) is 11.1 Å². The molecular formula is C21H23FN2O2. The number of rotatable bonds is 5. The first-order valence-corrected chi connectivity index (χ1v) is 9.06. The molecule has 0 aromatic heterocycles. The highest BCUT2D eigenvalue weighted by atomic mass is 19.1. The number of hydrogen-bond acceptors (Lipinski definition) is 2. The van der Waals surface area contributed by atoms with E-state index in [1.807, 2.05) is 30.3 Å². The second kappa shape index (κ2) is 8.61. The number of halogens is 1. The Morgan fingerprint density at radius 1 is 0.962 bits per heavy atom. The highest BCUT2D eigenvalue weighted by molar-refractivity contribution is 5.97. The smallest absolute Gasteiger partial charge is 0.254 e. The lowest BCUT2D eigenvalue weighted by atomic mass is 9.95. The Morgan fingerprint density at radius 2 is 1.69 bits per heavy atom. The van der Waals surface area contributed by atoms with Crippen LogP contribution in [0.15, 0.2) is 48.5 Å². The molecule has 1 saturated carbocycles. The summed E-state index contributed by atoms with van der Waals surface area (Å²) in [6.45, 7) is -0.148. The van der Waals surface area contributed by atoms with E-state index in [0.29, 0.717) is 0 Å². The molecule has 0 saturated heterocycles. The summed E-state index contributed by atoms with van der Waals surface area (Å²) in [6, 6.07) is 14.1. The third kappa shape index (κ3) is 4.69. The molecule has 1 aliphatic carbocycles. The molecule has 0 bridgehead atoms. The lowest BCUT2D eigenvalue weighted by molar-refractivity contribution is -0.121. The van der Waals surface area contributed by atoms with E-state index in [1.165, 1.54) is 18.6 Å². The van der Waals surface area contributed by atoms with E-state index in [9.17, 15) is 14.0 Å². The normalized spacial score (nSPS) is 14.7. The van der Waals surface area contributed by atoms with Crippen molar-refractivity contribution in [3.63, 3.8) is 0 Å². The Hall–Kier alpha value is -2.69. The van der Waals surface area contributed by atoms with Crippen molar-refractivity contribution >= 4 is 11.8 Å². The van der Waals surface area contributed by atoms with Crippen molar-refractivity contribution in [1.82, 2.24) is 10.6 Å². The van der Waals surface area contributed by atoms with Gasteiger partial charge in [0.25, 0.3) is 5.91 Å². The Balaban J connectivity index is 1.61. The number of nitrogens with one attached hydrogen (secondary N) is 2. The fourth-order valence-corrected chi connectivity index (χ4v) is 3.29. The van der Waals surface area contributed by atoms with Crippen LogP contribution in [0.4, 0.5) is 4.39 Å². The minimum Gasteiger partial charge on any atom is -0.352 e. The number of hydrogen-bond donors (Lipinski definition) is 2. The van der Waals surface area contributed by atoms with Gasteiger partial charge in [-0.1, -0.05) is 55.7 Å². The van der Waals surface area contributed by atoms with E-state index in [-0.39, 0.29) is 24.1 Å². The third-order valence-electron chi connectivity index (χ3n) is 4.70. The van der Waals surface area contributed by atoms with Gasteiger partial charge in [0.15, 0.2) is 0 Å². The largest absolute Gasteiger partial charge is 0.352 e. The summed E-state index contributed by atoms with van der Waals surface area (Å²) < 4.78 is 14.1. The van der Waals surface area contributed by atoms with Gasteiger partial charge < -0.3 is 10.6 Å². The SMILES string of the molecule is O=C(CNC(=O)c1cc(-c2ccccc2)ccc1F)NC1CCCCC1. The molecule has 2 aromatic rings. The van der Waals surface area contributed by atoms with Crippen molar-refractivity contribution in [2.24, 2.45) is 0 Å². The van der Waals surface area contributed by atoms with Gasteiger partial charge in [-0.05, 0) is 36.1 Å². The third-order valence-corrected chi connectivity index (χ3v) is 4.70. The summed E-state index contributed by atoms with van der Waals surface area (Å²) in [5, 5.41) is 5.45. The lowest BCUT2D eigenvalue weighted by Crippen LogP contribution is -2.42. The zero-order valence-electron chi connectivity index (χ0n) is 14.6. The molecule has 0 radical (unpaired) electrons. The molecule has 1 fully saturated rings. The van der Waals surface area contributed by atoms with Crippen molar-refractivity contribution in [3.8, 4) is 11.1 Å². The maximum Gasteiger partial charge on any atom is 0.254 e. The summed E-state index contributed by atoms with van der Waals surface area (Å²) in [4.78, 5) is 24.3. The monoisotopic (exact) mass is 354 g/mol. The molecule has 4 nitrogen and oxygen atoms in total. The first-order valence-electron chi connectivity index (χ1n) is 9.06. The van der Waals surface area contributed by atoms with Gasteiger partial charge in [0.1, 0.15) is 5.82 Å². The standard InChI is InChI=1S/C21H23FN2O2/c22-19-12-11-16(15-7-3-1-4-8-15)13-18(19)21(26)23-14-20(25)24-17-9-5-2-6-10-17/h1,3-4,7-8,11-13,17H,2,5-6,9-10,14H2,(H,23,26)(H,24,25). The average molecular weight is 354 g/mol. The number of carbonyl (C=O) groups excluding carboxylic acids is 2. The topological polar surface area (TPSA) is 58.2 Å². The molecule has 2 amide bonds. The molecule has 2 N–H and O–H groups in total. The van der Waals surface area contributed by atoms with E-state index < -0.39 is 11.7 Å². The molecular weight excluding hydrogens is 331 g/mol. The fourth-order valence-electron chi connectivity index (χ4n) is 3.29. The van der Waals surface area contributed by atoms with Crippen LogP contribution < -0.4 is 10.6 Å². The van der Waals surface area contributed by atoms with Crippen LogP contribution >= 0.6 is 0 Å². The number of benzene rings is 2. The van der Waals surface area contributed by atoms with Crippen molar-refractivity contribution in [2.75, 3.05) is 6.54 Å². The van der Waals surface area contributed by atoms with E-state index in [4.69, 9.17) is 0 Å². The second-order valence-corrected chi connectivity index (χ2v) is 6.65. The maximum absolute atomic E-state index is 14.1. The van der Waals surface area contributed by atoms with Crippen molar-refractivity contribution in [3.05, 3.63) is 59.9 Å². The predicted molar refractivity (Wildman–Crippen MR) is 99.2 cm³/mol. The molecule has 3 rings (SSSR count). The van der Waals surface area contributed by atoms with Gasteiger partial charge >= 0.3 is 0 Å². The van der Waals surface area contributed by atoms with Gasteiger partial charge in [0, 0.05) is 6.04 Å². The molecule has 5 heteroatoms. The van der Waals surface area contributed by atoms with Crippen LogP contribution in [0.5, 0.6) is 0 Å². The Kier molecular flexibility index (Phi) is 6.00. The van der Waals surface area contributed by atoms with Crippen LogP contribution in [0.3, 0.4) is 0 Å². The van der Waals surface area contributed by atoms with E-state index in [1.54, 1.807) is 6.07 Å². The summed E-state index contributed by atoms with van der Waals surface area (Å²) in [6.07, 6.45) is 5.41. The Bertz CT molecular complexity index is 771. The summed E-state index contributed by atoms with van der Waals surface area (Å²) in [7, 11) is 0. The molecule has 2 aromatic carbocycles. The molecule has 0 aliphatic heterocycles. The number of amides is 2. The van der Waals surface area contributed by atoms with E-state index >= 15 is 0 Å². The molecule has 0 heterocycles. The fraction of sp³-hybridized carbons (Fsp3) is 0.333. The minimum atomic E-state index is -0.602. The molecule has 0 spiro atoms. The minimum absolute atomic E-state index is 0.0585. The summed E-state index contributed by atoms with van der Waals surface area (Å²) in [5.41, 5.74) is 1.59. The van der Waals surface area contributed by atoms with Crippen molar-refractivity contribution in [1.29, 1.82) is 0 Å². The average Bonchev–Trinajstić information content (AvgIpc) is 2.68. The van der Waals surface area contributed by atoms with Crippen LogP contribution in [-0.4, -0.2) is 24.4 Å². The van der Waals surface area contributed by atoms with Gasteiger partial charge in [0.05, 0.1) is 12.1 Å². The number of carbonyl (C=O) groups is 2. The molecule has 1 aliphatic rings. The molecule has 26 heavy (non-hydrogen) atoms. The highest BCUT2D eigenvalue weighted by Crippen LogP contribution is 2.22. The van der Waals surface area contributed by atoms with Crippen molar-refractivity contribution in [2.45, 2.75) is 38.1 Å². The van der Waals surface area contributed by atoms with Crippen LogP contribution in [0.2, 0.25) is 0 Å². The first-order chi connectivity index (χ1) is 12.6. The van der Waals surface area contributed by atoms with Gasteiger partial charge in [-0.25, -0.2) is 4.39 Å². The Labute approximate surface area is 152 Å². The van der Waals surface area contributed by atoms with Gasteiger partial charge in [0.2, 0.25) is 5.91 Å². The van der Waals surface area contributed by atoms with E-state index in [0.717, 1.165) is 36.8 Å². The first kappa shape index (κ1) is 18.1. The molecule has 136 valence electrons. The van der Waals surface area contributed by atoms with Crippen LogP contribution in [0.1, 0.15) is 42.5 Å². The van der Waals surface area contributed by atoms with E-state index in [2.05, 4.69) is 10.6 Å². The summed E-state index contributed by atoms with van der Waals surface area (Å²) in [5.74, 6) is -1.42. The predicted octanol–water partition coefficient (Wildman–Crippen LogP) is 3.67. The van der Waals surface area contributed by atoms with Crippen LogP contribution in [0, 0.1) is 5.82 Å². The highest BCUT2D eigenvalue weighted by Gasteiger charge is 2.17. The molecule has 0 unspecified atom stereocenters. The second-order valence-electron chi connectivity index (χ2n) is 6.65. The van der Waals surface area contributed by atoms with Crippen LogP contribution in [-0.2, 0) is 4.79 Å². The van der Waals surface area contributed by atoms with Crippen molar-refractivity contribution < 1.29 is 14.0 Å². The van der Waals surface area contributed by atoms with Gasteiger partial charge in [-0.3, -0.25) is 9.59 Å². The Morgan fingerprint density at radius 3 is 2.42 bits per heavy atom. The van der Waals surface area contributed by atoms with Gasteiger partial charge in [-0.15, -0.1) is 0 Å². The molecule has 0 atom stereocenters. The zero-order chi connectivity index (χ0) is 18.4. The lowest BCUT2D eigenvalue weighted by Gasteiger charge is -2.22. The quantitative estimate of drug-likeness (QED) is 0.861. The summed E-state index contributed by atoms with van der Waals surface area (Å²) >= 11 is 0. The zero-order valence-corrected chi connectivity index (χ0v) is 14.6. The maximum atomic E-state index is 14.1.